The summed E-state index contributed by atoms with van der Waals surface area (Å²) in [6, 6.07) is 5.77. The van der Waals surface area contributed by atoms with Crippen LogP contribution >= 0.6 is 15.9 Å². The van der Waals surface area contributed by atoms with Crippen LogP contribution in [0.2, 0.25) is 0 Å². The molecule has 0 saturated carbocycles. The summed E-state index contributed by atoms with van der Waals surface area (Å²) in [6.45, 7) is 7.79. The standard InChI is InChI=1S/C12H15BrO/c1-8-6-5-7-9(10(8)13)11(14)12(2,3)4/h5-7H,1-4H3. The van der Waals surface area contributed by atoms with E-state index >= 15 is 0 Å². The van der Waals surface area contributed by atoms with Crippen LogP contribution < -0.4 is 0 Å². The van der Waals surface area contributed by atoms with Crippen LogP contribution in [-0.2, 0) is 0 Å². The Bertz CT molecular complexity index is 361. The van der Waals surface area contributed by atoms with Crippen molar-refractivity contribution in [2.24, 2.45) is 5.41 Å². The lowest BCUT2D eigenvalue weighted by atomic mass is 9.86. The summed E-state index contributed by atoms with van der Waals surface area (Å²) in [5, 5.41) is 0. The maximum absolute atomic E-state index is 12.0. The van der Waals surface area contributed by atoms with Gasteiger partial charge in [-0.1, -0.05) is 39.0 Å². The van der Waals surface area contributed by atoms with Crippen LogP contribution in [0.1, 0.15) is 36.7 Å². The van der Waals surface area contributed by atoms with Crippen molar-refractivity contribution >= 4 is 21.7 Å². The molecule has 1 aromatic rings. The van der Waals surface area contributed by atoms with Gasteiger partial charge in [-0.3, -0.25) is 4.79 Å². The van der Waals surface area contributed by atoms with Crippen LogP contribution in [0, 0.1) is 12.3 Å². The number of aryl methyl sites for hydroxylation is 1. The molecular weight excluding hydrogens is 240 g/mol. The third-order valence-corrected chi connectivity index (χ3v) is 3.17. The van der Waals surface area contributed by atoms with Crippen molar-refractivity contribution < 1.29 is 4.79 Å². The fraction of sp³-hybridized carbons (Fsp3) is 0.417. The van der Waals surface area contributed by atoms with Crippen molar-refractivity contribution in [3.63, 3.8) is 0 Å². The topological polar surface area (TPSA) is 17.1 Å². The molecule has 0 aliphatic carbocycles. The highest BCUT2D eigenvalue weighted by molar-refractivity contribution is 9.10. The zero-order chi connectivity index (χ0) is 10.9. The Morgan fingerprint density at radius 3 is 2.36 bits per heavy atom. The summed E-state index contributed by atoms with van der Waals surface area (Å²) in [5.74, 6) is 0.174. The molecule has 76 valence electrons. The van der Waals surface area contributed by atoms with Gasteiger partial charge in [-0.05, 0) is 28.4 Å². The first kappa shape index (κ1) is 11.4. The molecule has 2 heteroatoms. The summed E-state index contributed by atoms with van der Waals surface area (Å²) in [5.41, 5.74) is 1.55. The molecule has 0 fully saturated rings. The fourth-order valence-corrected chi connectivity index (χ4v) is 1.67. The molecule has 0 aliphatic rings. The molecule has 0 aliphatic heterocycles. The molecule has 0 radical (unpaired) electrons. The molecule has 0 heterocycles. The monoisotopic (exact) mass is 254 g/mol. The zero-order valence-electron chi connectivity index (χ0n) is 9.02. The predicted octanol–water partition coefficient (Wildman–Crippen LogP) is 3.99. The molecule has 0 aromatic heterocycles. The Labute approximate surface area is 93.7 Å². The summed E-state index contributed by atoms with van der Waals surface area (Å²) in [4.78, 5) is 12.0. The highest BCUT2D eigenvalue weighted by Crippen LogP contribution is 2.28. The lowest BCUT2D eigenvalue weighted by Crippen LogP contribution is -2.20. The van der Waals surface area contributed by atoms with Gasteiger partial charge < -0.3 is 0 Å². The van der Waals surface area contributed by atoms with E-state index in [0.717, 1.165) is 15.6 Å². The van der Waals surface area contributed by atoms with E-state index in [1.165, 1.54) is 0 Å². The van der Waals surface area contributed by atoms with Crippen LogP contribution in [-0.4, -0.2) is 5.78 Å². The number of hydrogen-bond donors (Lipinski definition) is 0. The van der Waals surface area contributed by atoms with Gasteiger partial charge in [0.05, 0.1) is 0 Å². The van der Waals surface area contributed by atoms with Gasteiger partial charge in [0.15, 0.2) is 5.78 Å². The number of ketones is 1. The van der Waals surface area contributed by atoms with Gasteiger partial charge in [0.25, 0.3) is 0 Å². The van der Waals surface area contributed by atoms with Gasteiger partial charge in [-0.2, -0.15) is 0 Å². The molecule has 1 aromatic carbocycles. The Hall–Kier alpha value is -0.630. The molecule has 1 nitrogen and oxygen atoms in total. The summed E-state index contributed by atoms with van der Waals surface area (Å²) >= 11 is 3.45. The minimum Gasteiger partial charge on any atom is -0.294 e. The van der Waals surface area contributed by atoms with E-state index in [1.807, 2.05) is 45.9 Å². The second-order valence-corrected chi connectivity index (χ2v) is 5.31. The minimum atomic E-state index is -0.323. The molecule has 0 N–H and O–H groups in total. The van der Waals surface area contributed by atoms with Crippen LogP contribution in [0.3, 0.4) is 0 Å². The third-order valence-electron chi connectivity index (χ3n) is 2.12. The van der Waals surface area contributed by atoms with Gasteiger partial charge in [-0.25, -0.2) is 0 Å². The van der Waals surface area contributed by atoms with Crippen molar-refractivity contribution in [3.05, 3.63) is 33.8 Å². The molecule has 0 saturated heterocycles. The van der Waals surface area contributed by atoms with Crippen molar-refractivity contribution in [2.45, 2.75) is 27.7 Å². The molecule has 0 spiro atoms. The minimum absolute atomic E-state index is 0.174. The van der Waals surface area contributed by atoms with Crippen molar-refractivity contribution in [1.82, 2.24) is 0 Å². The Morgan fingerprint density at radius 1 is 1.29 bits per heavy atom. The normalized spacial score (nSPS) is 11.5. The molecule has 0 amide bonds. The number of hydrogen-bond acceptors (Lipinski definition) is 1. The van der Waals surface area contributed by atoms with E-state index in [2.05, 4.69) is 15.9 Å². The van der Waals surface area contributed by atoms with Crippen LogP contribution in [0.4, 0.5) is 0 Å². The summed E-state index contributed by atoms with van der Waals surface area (Å²) in [7, 11) is 0. The fourth-order valence-electron chi connectivity index (χ4n) is 1.23. The van der Waals surface area contributed by atoms with E-state index in [0.29, 0.717) is 0 Å². The number of Topliss-reactive ketones (excluding diaryl/α,β-unsaturated/α-hetero) is 1. The largest absolute Gasteiger partial charge is 0.294 e. The molecule has 0 bridgehead atoms. The maximum atomic E-state index is 12.0. The Balaban J connectivity index is 3.21. The third kappa shape index (κ3) is 2.24. The highest BCUT2D eigenvalue weighted by Gasteiger charge is 2.24. The SMILES string of the molecule is Cc1cccc(C(=O)C(C)(C)C)c1Br. The van der Waals surface area contributed by atoms with E-state index in [-0.39, 0.29) is 11.2 Å². The smallest absolute Gasteiger partial charge is 0.169 e. The van der Waals surface area contributed by atoms with E-state index in [1.54, 1.807) is 0 Å². The maximum Gasteiger partial charge on any atom is 0.169 e. The number of rotatable bonds is 1. The molecule has 1 rings (SSSR count). The number of halogens is 1. The van der Waals surface area contributed by atoms with Crippen molar-refractivity contribution in [2.75, 3.05) is 0 Å². The van der Waals surface area contributed by atoms with Crippen LogP contribution in [0.25, 0.3) is 0 Å². The summed E-state index contributed by atoms with van der Waals surface area (Å²) < 4.78 is 0.917. The average molecular weight is 255 g/mol. The van der Waals surface area contributed by atoms with Crippen LogP contribution in [0.5, 0.6) is 0 Å². The lowest BCUT2D eigenvalue weighted by molar-refractivity contribution is 0.0857. The number of carbonyl (C=O) groups excluding carboxylic acids is 1. The first-order chi connectivity index (χ1) is 6.34. The Morgan fingerprint density at radius 2 is 1.86 bits per heavy atom. The predicted molar refractivity (Wildman–Crippen MR) is 62.7 cm³/mol. The average Bonchev–Trinajstić information content (AvgIpc) is 2.07. The van der Waals surface area contributed by atoms with Crippen molar-refractivity contribution in [3.8, 4) is 0 Å². The van der Waals surface area contributed by atoms with Crippen LogP contribution in [0.15, 0.2) is 22.7 Å². The molecule has 14 heavy (non-hydrogen) atoms. The van der Waals surface area contributed by atoms with Gasteiger partial charge in [0.1, 0.15) is 0 Å². The van der Waals surface area contributed by atoms with E-state index in [9.17, 15) is 4.79 Å². The van der Waals surface area contributed by atoms with Gasteiger partial charge in [-0.15, -0.1) is 0 Å². The second-order valence-electron chi connectivity index (χ2n) is 4.52. The summed E-state index contributed by atoms with van der Waals surface area (Å²) in [6.07, 6.45) is 0. The lowest BCUT2D eigenvalue weighted by Gasteiger charge is -2.18. The molecule has 0 unspecified atom stereocenters. The second kappa shape index (κ2) is 3.85. The van der Waals surface area contributed by atoms with E-state index in [4.69, 9.17) is 0 Å². The highest BCUT2D eigenvalue weighted by atomic mass is 79.9. The Kier molecular flexibility index (Phi) is 3.15. The molecule has 0 atom stereocenters. The quantitative estimate of drug-likeness (QED) is 0.693. The molecular formula is C12H15BrO. The van der Waals surface area contributed by atoms with Gasteiger partial charge >= 0.3 is 0 Å². The first-order valence-corrected chi connectivity index (χ1v) is 5.43. The van der Waals surface area contributed by atoms with E-state index < -0.39 is 0 Å². The number of carbonyl (C=O) groups is 1. The van der Waals surface area contributed by atoms with Crippen molar-refractivity contribution in [1.29, 1.82) is 0 Å². The number of benzene rings is 1. The zero-order valence-corrected chi connectivity index (χ0v) is 10.6. The van der Waals surface area contributed by atoms with Gasteiger partial charge in [0.2, 0.25) is 0 Å². The first-order valence-electron chi connectivity index (χ1n) is 4.64. The van der Waals surface area contributed by atoms with Gasteiger partial charge in [0, 0.05) is 15.5 Å².